The first-order valence-corrected chi connectivity index (χ1v) is 14.2. The van der Waals surface area contributed by atoms with Crippen molar-refractivity contribution in [3.05, 3.63) is 120 Å². The number of rotatable bonds is 5. The summed E-state index contributed by atoms with van der Waals surface area (Å²) in [5.74, 6) is 1.30. The van der Waals surface area contributed by atoms with E-state index >= 15 is 0 Å². The Morgan fingerprint density at radius 1 is 0.683 bits per heavy atom. The van der Waals surface area contributed by atoms with Gasteiger partial charge < -0.3 is 4.42 Å². The number of halogens is 1. The Morgan fingerprint density at radius 3 is 2.10 bits per heavy atom. The first-order chi connectivity index (χ1) is 19.9. The van der Waals surface area contributed by atoms with Crippen molar-refractivity contribution in [3.8, 4) is 28.2 Å². The lowest BCUT2D eigenvalue weighted by molar-refractivity contribution is 0.628. The van der Waals surface area contributed by atoms with E-state index in [1.165, 1.54) is 28.9 Å². The molecule has 0 bridgehead atoms. The van der Waals surface area contributed by atoms with E-state index in [0.29, 0.717) is 11.8 Å². The fourth-order valence-electron chi connectivity index (χ4n) is 6.00. The second kappa shape index (κ2) is 9.74. The summed E-state index contributed by atoms with van der Waals surface area (Å²) in [5.41, 5.74) is 10.3. The van der Waals surface area contributed by atoms with Gasteiger partial charge in [0.25, 0.3) is 0 Å². The fraction of sp³-hybridized carbons (Fsp3) is 0.162. The molecule has 2 aromatic heterocycles. The van der Waals surface area contributed by atoms with E-state index in [0.717, 1.165) is 55.5 Å². The van der Waals surface area contributed by atoms with Crippen LogP contribution < -0.4 is 0 Å². The molecule has 2 heterocycles. The Balaban J connectivity index is 1.52. The molecule has 0 aliphatic rings. The number of para-hydroxylation sites is 4. The quantitative estimate of drug-likeness (QED) is 0.218. The molecule has 4 heteroatoms. The second-order valence-corrected chi connectivity index (χ2v) is 11.4. The highest BCUT2D eigenvalue weighted by molar-refractivity contribution is 6.10. The summed E-state index contributed by atoms with van der Waals surface area (Å²) in [4.78, 5) is 5.22. The van der Waals surface area contributed by atoms with Crippen LogP contribution in [-0.2, 0) is 0 Å². The SMILES string of the molecule is CC(C)c1cccc(C(C)C)c1-n1c(-c2cccc3c2oc2cc(-c4ccc(F)cc4)ccc23)nc2ccccc21. The Hall–Kier alpha value is -4.70. The summed E-state index contributed by atoms with van der Waals surface area (Å²) >= 11 is 0. The van der Waals surface area contributed by atoms with Crippen LogP contribution in [0.5, 0.6) is 0 Å². The first kappa shape index (κ1) is 25.3. The van der Waals surface area contributed by atoms with Gasteiger partial charge in [-0.1, -0.05) is 88.4 Å². The average molecular weight is 539 g/mol. The smallest absolute Gasteiger partial charge is 0.149 e. The zero-order valence-corrected chi connectivity index (χ0v) is 23.7. The minimum absolute atomic E-state index is 0.245. The van der Waals surface area contributed by atoms with Gasteiger partial charge in [0.2, 0.25) is 0 Å². The van der Waals surface area contributed by atoms with Gasteiger partial charge in [-0.15, -0.1) is 0 Å². The molecule has 0 atom stereocenters. The maximum absolute atomic E-state index is 13.5. The third-order valence-electron chi connectivity index (χ3n) is 8.04. The molecular formula is C37H31FN2O. The molecule has 5 aromatic carbocycles. The molecule has 0 aliphatic heterocycles. The summed E-state index contributed by atoms with van der Waals surface area (Å²) in [7, 11) is 0. The fourth-order valence-corrected chi connectivity index (χ4v) is 6.00. The molecule has 0 radical (unpaired) electrons. The van der Waals surface area contributed by atoms with E-state index in [9.17, 15) is 4.39 Å². The van der Waals surface area contributed by atoms with E-state index in [2.05, 4.69) is 99.0 Å². The number of hydrogen-bond donors (Lipinski definition) is 0. The maximum atomic E-state index is 13.5. The molecule has 3 nitrogen and oxygen atoms in total. The highest BCUT2D eigenvalue weighted by Gasteiger charge is 2.24. The zero-order valence-electron chi connectivity index (χ0n) is 23.7. The van der Waals surface area contributed by atoms with Crippen LogP contribution in [0, 0.1) is 5.82 Å². The van der Waals surface area contributed by atoms with Crippen molar-refractivity contribution in [2.24, 2.45) is 0 Å². The van der Waals surface area contributed by atoms with Gasteiger partial charge >= 0.3 is 0 Å². The van der Waals surface area contributed by atoms with Gasteiger partial charge in [-0.2, -0.15) is 0 Å². The van der Waals surface area contributed by atoms with Crippen LogP contribution in [0.15, 0.2) is 108 Å². The number of imidazole rings is 1. The van der Waals surface area contributed by atoms with E-state index in [-0.39, 0.29) is 5.82 Å². The van der Waals surface area contributed by atoms with Crippen molar-refractivity contribution in [2.45, 2.75) is 39.5 Å². The number of nitrogens with zero attached hydrogens (tertiary/aromatic N) is 2. The summed E-state index contributed by atoms with van der Waals surface area (Å²) < 4.78 is 22.5. The minimum Gasteiger partial charge on any atom is -0.455 e. The summed E-state index contributed by atoms with van der Waals surface area (Å²) in [6, 6.07) is 34.1. The van der Waals surface area contributed by atoms with Crippen LogP contribution in [0.3, 0.4) is 0 Å². The molecule has 41 heavy (non-hydrogen) atoms. The van der Waals surface area contributed by atoms with Crippen molar-refractivity contribution >= 4 is 33.0 Å². The number of furan rings is 1. The number of fused-ring (bicyclic) bond motifs is 4. The molecule has 7 aromatic rings. The predicted octanol–water partition coefficient (Wildman–Crippen LogP) is 10.6. The topological polar surface area (TPSA) is 31.0 Å². The zero-order chi connectivity index (χ0) is 28.2. The Morgan fingerprint density at radius 2 is 1.37 bits per heavy atom. The molecule has 0 amide bonds. The van der Waals surface area contributed by atoms with Crippen molar-refractivity contribution in [1.82, 2.24) is 9.55 Å². The molecule has 0 saturated carbocycles. The van der Waals surface area contributed by atoms with Gasteiger partial charge in [0.05, 0.1) is 22.3 Å². The monoisotopic (exact) mass is 538 g/mol. The molecule has 0 N–H and O–H groups in total. The Bertz CT molecular complexity index is 2040. The van der Waals surface area contributed by atoms with Crippen LogP contribution in [0.1, 0.15) is 50.7 Å². The number of aromatic nitrogens is 2. The lowest BCUT2D eigenvalue weighted by atomic mass is 9.92. The molecule has 7 rings (SSSR count). The van der Waals surface area contributed by atoms with E-state index in [1.54, 1.807) is 12.1 Å². The van der Waals surface area contributed by atoms with Crippen LogP contribution in [0.2, 0.25) is 0 Å². The van der Waals surface area contributed by atoms with Crippen molar-refractivity contribution in [2.75, 3.05) is 0 Å². The number of hydrogen-bond acceptors (Lipinski definition) is 2. The highest BCUT2D eigenvalue weighted by atomic mass is 19.1. The lowest BCUT2D eigenvalue weighted by Crippen LogP contribution is -2.08. The summed E-state index contributed by atoms with van der Waals surface area (Å²) in [6.07, 6.45) is 0. The van der Waals surface area contributed by atoms with Crippen LogP contribution in [0.4, 0.5) is 4.39 Å². The average Bonchev–Trinajstić information content (AvgIpc) is 3.55. The number of benzene rings is 5. The van der Waals surface area contributed by atoms with Gasteiger partial charge in [0.1, 0.15) is 22.8 Å². The van der Waals surface area contributed by atoms with Crippen LogP contribution in [-0.4, -0.2) is 9.55 Å². The molecule has 0 fully saturated rings. The molecule has 0 aliphatic carbocycles. The molecule has 202 valence electrons. The Kier molecular flexibility index (Phi) is 6.01. The Labute approximate surface area is 238 Å². The third-order valence-corrected chi connectivity index (χ3v) is 8.04. The van der Waals surface area contributed by atoms with Gasteiger partial charge in [-0.25, -0.2) is 9.37 Å². The van der Waals surface area contributed by atoms with Gasteiger partial charge in [-0.3, -0.25) is 4.57 Å². The van der Waals surface area contributed by atoms with Crippen molar-refractivity contribution < 1.29 is 8.81 Å². The van der Waals surface area contributed by atoms with Crippen molar-refractivity contribution in [3.63, 3.8) is 0 Å². The normalized spacial score (nSPS) is 12.0. The van der Waals surface area contributed by atoms with E-state index in [4.69, 9.17) is 9.40 Å². The predicted molar refractivity (Wildman–Crippen MR) is 167 cm³/mol. The second-order valence-electron chi connectivity index (χ2n) is 11.4. The van der Waals surface area contributed by atoms with Gasteiger partial charge in [0, 0.05) is 10.8 Å². The van der Waals surface area contributed by atoms with Crippen LogP contribution >= 0.6 is 0 Å². The summed E-state index contributed by atoms with van der Waals surface area (Å²) in [5, 5.41) is 2.09. The minimum atomic E-state index is -0.245. The third kappa shape index (κ3) is 4.13. The van der Waals surface area contributed by atoms with Gasteiger partial charge in [0.15, 0.2) is 0 Å². The van der Waals surface area contributed by atoms with Crippen molar-refractivity contribution in [1.29, 1.82) is 0 Å². The highest BCUT2D eigenvalue weighted by Crippen LogP contribution is 2.41. The lowest BCUT2D eigenvalue weighted by Gasteiger charge is -2.22. The summed E-state index contributed by atoms with van der Waals surface area (Å²) in [6.45, 7) is 9.00. The van der Waals surface area contributed by atoms with Crippen LogP contribution in [0.25, 0.3) is 61.2 Å². The van der Waals surface area contributed by atoms with Gasteiger partial charge in [-0.05, 0) is 76.6 Å². The van der Waals surface area contributed by atoms with E-state index < -0.39 is 0 Å². The maximum Gasteiger partial charge on any atom is 0.149 e. The largest absolute Gasteiger partial charge is 0.455 e. The molecule has 0 saturated heterocycles. The molecular weight excluding hydrogens is 507 g/mol. The van der Waals surface area contributed by atoms with E-state index in [1.807, 2.05) is 12.1 Å². The molecule has 0 spiro atoms. The molecule has 0 unspecified atom stereocenters. The first-order valence-electron chi connectivity index (χ1n) is 14.2. The standard InChI is InChI=1S/C37H31FN2O/c1-22(2)27-9-7-10-28(23(3)4)35(27)40-33-14-6-5-13-32(33)39-37(40)31-12-8-11-30-29-20-17-25(21-34(29)41-36(30)31)24-15-18-26(38)19-16-24/h5-23H,1-4H3.